The van der Waals surface area contributed by atoms with Crippen LogP contribution in [0.15, 0.2) is 0 Å². The van der Waals surface area contributed by atoms with Crippen LogP contribution in [0.2, 0.25) is 0 Å². The monoisotopic (exact) mass is 117 g/mol. The molecule has 0 spiro atoms. The molecule has 0 saturated heterocycles. The molecule has 0 rings (SSSR count). The molecule has 0 amide bonds. The van der Waals surface area contributed by atoms with Crippen molar-refractivity contribution in [3.05, 3.63) is 0 Å². The summed E-state index contributed by atoms with van der Waals surface area (Å²) in [7, 11) is 0. The highest BCUT2D eigenvalue weighted by Crippen LogP contribution is 1.80. The molecule has 8 heavy (non-hydrogen) atoms. The molecule has 0 aliphatic carbocycles. The molecule has 0 atom stereocenters. The molecule has 0 aliphatic heterocycles. The van der Waals surface area contributed by atoms with Gasteiger partial charge in [-0.2, -0.15) is 0 Å². The van der Waals surface area contributed by atoms with Crippen molar-refractivity contribution < 1.29 is 9.63 Å². The van der Waals surface area contributed by atoms with Gasteiger partial charge in [0.25, 0.3) is 0 Å². The van der Waals surface area contributed by atoms with Crippen molar-refractivity contribution in [1.82, 2.24) is 5.48 Å². The van der Waals surface area contributed by atoms with Crippen molar-refractivity contribution in [3.63, 3.8) is 0 Å². The largest absolute Gasteiger partial charge is 0.587 e. The summed E-state index contributed by atoms with van der Waals surface area (Å²) in [5, 5.41) is 0. The van der Waals surface area contributed by atoms with Crippen LogP contribution >= 0.6 is 0 Å². The Balaban J connectivity index is 2.62. The van der Waals surface area contributed by atoms with Crippen LogP contribution in [0.5, 0.6) is 0 Å². The van der Waals surface area contributed by atoms with Crippen LogP contribution in [0.3, 0.4) is 0 Å². The molecule has 1 radical (unpaired) electrons. The van der Waals surface area contributed by atoms with Crippen LogP contribution < -0.4 is 5.48 Å². The van der Waals surface area contributed by atoms with Gasteiger partial charge in [0.15, 0.2) is 0 Å². The average molecular weight is 117 g/mol. The van der Waals surface area contributed by atoms with E-state index >= 15 is 0 Å². The third kappa shape index (κ3) is 5.43. The van der Waals surface area contributed by atoms with Gasteiger partial charge in [0, 0.05) is 4.79 Å². The second-order valence-electron chi connectivity index (χ2n) is 1.46. The number of carbonyl (C=O) groups excluding carboxylic acids is 1. The van der Waals surface area contributed by atoms with E-state index in [1.807, 2.05) is 0 Å². The van der Waals surface area contributed by atoms with Gasteiger partial charge in [0.1, 0.15) is 0 Å². The molecule has 0 unspecified atom stereocenters. The average Bonchev–Trinajstić information content (AvgIpc) is 1.81. The number of rotatable bonds is 5. The highest BCUT2D eigenvalue weighted by Gasteiger charge is 1.88. The van der Waals surface area contributed by atoms with Crippen LogP contribution in [0.4, 0.5) is 0 Å². The molecule has 3 heteroatoms. The summed E-state index contributed by atoms with van der Waals surface area (Å²) in [5.74, 6) is 0. The summed E-state index contributed by atoms with van der Waals surface area (Å²) < 4.78 is 0. The molecule has 0 aromatic carbocycles. The first-order chi connectivity index (χ1) is 3.91. The van der Waals surface area contributed by atoms with E-state index in [2.05, 4.69) is 17.2 Å². The Morgan fingerprint density at radius 2 is 2.50 bits per heavy atom. The molecule has 0 heterocycles. The fourth-order valence-electron chi connectivity index (χ4n) is 0.342. The third-order valence-electron chi connectivity index (χ3n) is 0.764. The lowest BCUT2D eigenvalue weighted by molar-refractivity contribution is -0.135. The molecular weight excluding hydrogens is 106 g/mol. The lowest BCUT2D eigenvalue weighted by Gasteiger charge is -1.88. The molecule has 0 bridgehead atoms. The first-order valence-electron chi connectivity index (χ1n) is 2.74. The number of hydroxylamine groups is 1. The maximum absolute atomic E-state index is 9.48. The number of unbranched alkanes of at least 4 members (excludes halogenated alkanes) is 1. The lowest BCUT2D eigenvalue weighted by Crippen LogP contribution is -2.14. The van der Waals surface area contributed by atoms with Gasteiger partial charge >= 0.3 is 6.47 Å². The van der Waals surface area contributed by atoms with Crippen LogP contribution in [-0.4, -0.2) is 13.0 Å². The molecule has 0 aromatic rings. The first kappa shape index (κ1) is 7.43. The maximum atomic E-state index is 9.48. The van der Waals surface area contributed by atoms with Gasteiger partial charge in [-0.1, -0.05) is 18.8 Å². The third-order valence-corrected chi connectivity index (χ3v) is 0.764. The second-order valence-corrected chi connectivity index (χ2v) is 1.46. The minimum Gasteiger partial charge on any atom is -0.201 e. The van der Waals surface area contributed by atoms with Gasteiger partial charge in [0.05, 0.1) is 6.54 Å². The van der Waals surface area contributed by atoms with Gasteiger partial charge < -0.3 is 0 Å². The molecule has 0 fully saturated rings. The molecule has 3 nitrogen and oxygen atoms in total. The van der Waals surface area contributed by atoms with Crippen molar-refractivity contribution in [2.45, 2.75) is 19.8 Å². The molecule has 1 N–H and O–H groups in total. The van der Waals surface area contributed by atoms with E-state index in [1.165, 1.54) is 0 Å². The number of hydrogen-bond acceptors (Lipinski definition) is 3. The van der Waals surface area contributed by atoms with Crippen LogP contribution in [0, 0.1) is 0 Å². The summed E-state index contributed by atoms with van der Waals surface area (Å²) in [6.45, 7) is 3.20. The summed E-state index contributed by atoms with van der Waals surface area (Å²) in [6, 6.07) is 0. The first-order valence-corrected chi connectivity index (χ1v) is 2.74. The minimum absolute atomic E-state index is 0.385. The van der Waals surface area contributed by atoms with Gasteiger partial charge in [-0.3, -0.25) is 0 Å². The van der Waals surface area contributed by atoms with Crippen molar-refractivity contribution in [2.24, 2.45) is 0 Å². The zero-order valence-corrected chi connectivity index (χ0v) is 5.02. The fraction of sp³-hybridized carbons (Fsp3) is 0.800. The topological polar surface area (TPSA) is 41.2 Å². The predicted molar refractivity (Wildman–Crippen MR) is 30.1 cm³/mol. The summed E-state index contributed by atoms with van der Waals surface area (Å²) in [6.07, 6.45) is 2.14. The van der Waals surface area contributed by atoms with E-state index in [1.54, 1.807) is 0 Å². The number of hydrogen-bond donors (Lipinski definition) is 1. The van der Waals surface area contributed by atoms with Crippen molar-refractivity contribution in [2.75, 3.05) is 6.54 Å². The molecular formula is C5H11NO2+. The van der Waals surface area contributed by atoms with E-state index in [9.17, 15) is 4.79 Å². The SMILES string of the molecule is CCCCNOC=[O+]. The van der Waals surface area contributed by atoms with E-state index in [-0.39, 0.29) is 0 Å². The van der Waals surface area contributed by atoms with Crippen molar-refractivity contribution in [1.29, 1.82) is 0 Å². The Hall–Kier alpha value is -0.570. The van der Waals surface area contributed by atoms with Crippen LogP contribution in [0.1, 0.15) is 19.8 Å². The van der Waals surface area contributed by atoms with Crippen molar-refractivity contribution >= 4 is 6.47 Å². The van der Waals surface area contributed by atoms with Crippen molar-refractivity contribution in [3.8, 4) is 0 Å². The van der Waals surface area contributed by atoms with Crippen LogP contribution in [-0.2, 0) is 9.63 Å². The minimum atomic E-state index is 0.385. The quantitative estimate of drug-likeness (QED) is 0.246. The van der Waals surface area contributed by atoms with Gasteiger partial charge in [0.2, 0.25) is 0 Å². The molecule has 0 aromatic heterocycles. The molecule has 0 aliphatic rings. The van der Waals surface area contributed by atoms with Gasteiger partial charge in [-0.05, 0) is 6.42 Å². The highest BCUT2D eigenvalue weighted by molar-refractivity contribution is 5.36. The zero-order valence-electron chi connectivity index (χ0n) is 5.02. The highest BCUT2D eigenvalue weighted by atomic mass is 16.7. The van der Waals surface area contributed by atoms with Gasteiger partial charge in [-0.25, -0.2) is 4.84 Å². The molecule has 47 valence electrons. The summed E-state index contributed by atoms with van der Waals surface area (Å²) in [5.41, 5.74) is 2.47. The summed E-state index contributed by atoms with van der Waals surface area (Å²) in [4.78, 5) is 13.7. The molecule has 0 saturated carbocycles. The number of nitrogens with one attached hydrogen (secondary N) is 1. The van der Waals surface area contributed by atoms with Crippen LogP contribution in [0.25, 0.3) is 0 Å². The smallest absolute Gasteiger partial charge is 0.201 e. The second kappa shape index (κ2) is 6.43. The Morgan fingerprint density at radius 3 is 3.00 bits per heavy atom. The Bertz CT molecular complexity index is 56.4. The van der Waals surface area contributed by atoms with E-state index < -0.39 is 0 Å². The Kier molecular flexibility index (Phi) is 5.97. The standard InChI is InChI=1S/C5H11NO2/c1-2-3-4-6-8-5-7/h5-6H,2-4H2,1H3/q+1. The number of carbonyl (C=O) groups is 1. The zero-order chi connectivity index (χ0) is 6.24. The predicted octanol–water partition coefficient (Wildman–Crippen LogP) is 0.464. The Labute approximate surface area is 49.0 Å². The lowest BCUT2D eigenvalue weighted by atomic mass is 10.3. The van der Waals surface area contributed by atoms with E-state index in [0.29, 0.717) is 6.47 Å². The fourth-order valence-corrected chi connectivity index (χ4v) is 0.342. The van der Waals surface area contributed by atoms with E-state index in [0.717, 1.165) is 19.4 Å². The maximum Gasteiger partial charge on any atom is 0.587 e. The van der Waals surface area contributed by atoms with E-state index in [4.69, 9.17) is 0 Å². The Morgan fingerprint density at radius 1 is 1.75 bits per heavy atom. The van der Waals surface area contributed by atoms with Gasteiger partial charge in [-0.15, -0.1) is 0 Å². The normalized spacial score (nSPS) is 8.62. The summed E-state index contributed by atoms with van der Waals surface area (Å²) >= 11 is 0.